The van der Waals surface area contributed by atoms with Gasteiger partial charge in [-0.25, -0.2) is 0 Å². The molecule has 1 aromatic carbocycles. The van der Waals surface area contributed by atoms with Crippen molar-refractivity contribution in [3.05, 3.63) is 35.9 Å². The van der Waals surface area contributed by atoms with Crippen molar-refractivity contribution >= 4 is 21.8 Å². The summed E-state index contributed by atoms with van der Waals surface area (Å²) in [6.07, 6.45) is 0.898. The molecule has 1 unspecified atom stereocenters. The summed E-state index contributed by atoms with van der Waals surface area (Å²) in [5.41, 5.74) is 0.964. The molecule has 2 nitrogen and oxygen atoms in total. The highest BCUT2D eigenvalue weighted by Crippen LogP contribution is 2.33. The van der Waals surface area contributed by atoms with E-state index in [0.717, 1.165) is 13.0 Å². The Bertz CT molecular complexity index is 388. The van der Waals surface area contributed by atoms with E-state index in [2.05, 4.69) is 41.9 Å². The molecule has 0 aromatic heterocycles. The number of hydrogen-bond donors (Lipinski definition) is 0. The van der Waals surface area contributed by atoms with Crippen LogP contribution in [-0.2, 0) is 10.3 Å². The summed E-state index contributed by atoms with van der Waals surface area (Å²) in [6, 6.07) is 10.2. The molecule has 1 atom stereocenters. The summed E-state index contributed by atoms with van der Waals surface area (Å²) in [6.45, 7) is 5.03. The summed E-state index contributed by atoms with van der Waals surface area (Å²) >= 11 is 3.42. The minimum atomic E-state index is -0.221. The van der Waals surface area contributed by atoms with Gasteiger partial charge in [-0.05, 0) is 25.8 Å². The maximum absolute atomic E-state index is 12.0. The molecular formula is C13H16BrNO. The van der Waals surface area contributed by atoms with Crippen molar-refractivity contribution in [3.63, 3.8) is 0 Å². The van der Waals surface area contributed by atoms with Gasteiger partial charge in [0.05, 0.1) is 10.4 Å². The number of amides is 1. The molecular weight excluding hydrogens is 266 g/mol. The second-order valence-electron chi connectivity index (χ2n) is 4.67. The highest BCUT2D eigenvalue weighted by Gasteiger charge is 2.39. The van der Waals surface area contributed by atoms with Crippen LogP contribution in [0.4, 0.5) is 0 Å². The molecule has 0 N–H and O–H groups in total. The van der Waals surface area contributed by atoms with Gasteiger partial charge in [0, 0.05) is 6.54 Å². The van der Waals surface area contributed by atoms with Crippen LogP contribution in [-0.4, -0.2) is 22.2 Å². The normalized spacial score (nSPS) is 21.6. The van der Waals surface area contributed by atoms with Gasteiger partial charge in [0.1, 0.15) is 0 Å². The van der Waals surface area contributed by atoms with E-state index in [4.69, 9.17) is 0 Å². The molecule has 0 aliphatic carbocycles. The monoisotopic (exact) mass is 281 g/mol. The molecule has 0 saturated carbocycles. The van der Waals surface area contributed by atoms with Crippen molar-refractivity contribution in [2.75, 3.05) is 6.54 Å². The molecule has 16 heavy (non-hydrogen) atoms. The lowest BCUT2D eigenvalue weighted by Gasteiger charge is -2.36. The van der Waals surface area contributed by atoms with Crippen LogP contribution < -0.4 is 0 Å². The van der Waals surface area contributed by atoms with Crippen molar-refractivity contribution in [1.29, 1.82) is 0 Å². The quantitative estimate of drug-likeness (QED) is 0.764. The van der Waals surface area contributed by atoms with Gasteiger partial charge in [-0.2, -0.15) is 0 Å². The van der Waals surface area contributed by atoms with Gasteiger partial charge >= 0.3 is 0 Å². The van der Waals surface area contributed by atoms with Crippen molar-refractivity contribution in [2.45, 2.75) is 30.6 Å². The van der Waals surface area contributed by atoms with Crippen molar-refractivity contribution in [3.8, 4) is 0 Å². The fourth-order valence-electron chi connectivity index (χ4n) is 2.20. The van der Waals surface area contributed by atoms with Gasteiger partial charge in [0.15, 0.2) is 0 Å². The lowest BCUT2D eigenvalue weighted by Crippen LogP contribution is -2.43. The second kappa shape index (κ2) is 4.21. The Hall–Kier alpha value is -0.830. The van der Waals surface area contributed by atoms with Gasteiger partial charge in [-0.15, -0.1) is 0 Å². The van der Waals surface area contributed by atoms with Gasteiger partial charge in [-0.1, -0.05) is 46.3 Å². The van der Waals surface area contributed by atoms with E-state index in [1.807, 2.05) is 23.1 Å². The van der Waals surface area contributed by atoms with Crippen LogP contribution in [0.15, 0.2) is 30.3 Å². The first-order chi connectivity index (χ1) is 7.53. The largest absolute Gasteiger partial charge is 0.332 e. The summed E-state index contributed by atoms with van der Waals surface area (Å²) in [5, 5.41) is 0. The van der Waals surface area contributed by atoms with Crippen molar-refractivity contribution in [1.82, 2.24) is 4.90 Å². The lowest BCUT2D eigenvalue weighted by atomic mass is 9.92. The zero-order valence-corrected chi connectivity index (χ0v) is 11.2. The summed E-state index contributed by atoms with van der Waals surface area (Å²) in [5.74, 6) is 0.203. The Morgan fingerprint density at radius 1 is 1.31 bits per heavy atom. The number of hydrogen-bond acceptors (Lipinski definition) is 1. The highest BCUT2D eigenvalue weighted by atomic mass is 79.9. The van der Waals surface area contributed by atoms with Gasteiger partial charge in [-0.3, -0.25) is 4.79 Å². The van der Waals surface area contributed by atoms with E-state index in [1.54, 1.807) is 0 Å². The highest BCUT2D eigenvalue weighted by molar-refractivity contribution is 9.10. The van der Waals surface area contributed by atoms with E-state index < -0.39 is 0 Å². The van der Waals surface area contributed by atoms with Gasteiger partial charge in [0.2, 0.25) is 5.91 Å². The minimum Gasteiger partial charge on any atom is -0.332 e. The molecule has 1 heterocycles. The minimum absolute atomic E-state index is 0.00418. The SMILES string of the molecule is CC(C)(c1ccccc1)N1CCC(Br)C1=O. The van der Waals surface area contributed by atoms with Crippen molar-refractivity contribution in [2.24, 2.45) is 0 Å². The molecule has 1 saturated heterocycles. The molecule has 0 radical (unpaired) electrons. The number of likely N-dealkylation sites (tertiary alicyclic amines) is 1. The van der Waals surface area contributed by atoms with Gasteiger partial charge < -0.3 is 4.90 Å². The van der Waals surface area contributed by atoms with Crippen LogP contribution >= 0.6 is 15.9 Å². The van der Waals surface area contributed by atoms with Crippen LogP contribution in [0, 0.1) is 0 Å². The van der Waals surface area contributed by atoms with Crippen LogP contribution in [0.3, 0.4) is 0 Å². The molecule has 1 aliphatic heterocycles. The van der Waals surface area contributed by atoms with Crippen LogP contribution in [0.1, 0.15) is 25.8 Å². The van der Waals surface area contributed by atoms with Crippen LogP contribution in [0.5, 0.6) is 0 Å². The first-order valence-electron chi connectivity index (χ1n) is 5.54. The Morgan fingerprint density at radius 2 is 1.94 bits per heavy atom. The van der Waals surface area contributed by atoms with E-state index in [0.29, 0.717) is 0 Å². The first kappa shape index (κ1) is 11.6. The maximum Gasteiger partial charge on any atom is 0.237 e. The molecule has 0 bridgehead atoms. The zero-order chi connectivity index (χ0) is 11.8. The Kier molecular flexibility index (Phi) is 3.06. The Labute approximate surface area is 105 Å². The number of rotatable bonds is 2. The molecule has 1 fully saturated rings. The molecule has 1 amide bonds. The lowest BCUT2D eigenvalue weighted by molar-refractivity contribution is -0.132. The third kappa shape index (κ3) is 1.88. The predicted molar refractivity (Wildman–Crippen MR) is 68.5 cm³/mol. The number of nitrogens with zero attached hydrogens (tertiary/aromatic N) is 1. The number of alkyl halides is 1. The summed E-state index contributed by atoms with van der Waals surface area (Å²) in [7, 11) is 0. The van der Waals surface area contributed by atoms with E-state index in [9.17, 15) is 4.79 Å². The van der Waals surface area contributed by atoms with E-state index >= 15 is 0 Å². The molecule has 86 valence electrons. The third-order valence-electron chi connectivity index (χ3n) is 3.30. The number of carbonyl (C=O) groups is 1. The average molecular weight is 282 g/mol. The smallest absolute Gasteiger partial charge is 0.237 e. The number of benzene rings is 1. The number of carbonyl (C=O) groups excluding carboxylic acids is 1. The Morgan fingerprint density at radius 3 is 2.44 bits per heavy atom. The molecule has 0 spiro atoms. The van der Waals surface area contributed by atoms with Crippen LogP contribution in [0.25, 0.3) is 0 Å². The molecule has 1 aromatic rings. The zero-order valence-electron chi connectivity index (χ0n) is 9.61. The molecule has 1 aliphatic rings. The van der Waals surface area contributed by atoms with E-state index in [1.165, 1.54) is 5.56 Å². The first-order valence-corrected chi connectivity index (χ1v) is 6.46. The standard InChI is InChI=1S/C13H16BrNO/c1-13(2,10-6-4-3-5-7-10)15-9-8-11(14)12(15)16/h3-7,11H,8-9H2,1-2H3. The predicted octanol–water partition coefficient (Wildman–Crippen LogP) is 2.92. The summed E-state index contributed by atoms with van der Waals surface area (Å²) < 4.78 is 0. The van der Waals surface area contributed by atoms with Gasteiger partial charge in [0.25, 0.3) is 0 Å². The average Bonchev–Trinajstić information content (AvgIpc) is 2.61. The summed E-state index contributed by atoms with van der Waals surface area (Å²) in [4.78, 5) is 14.0. The van der Waals surface area contributed by atoms with E-state index in [-0.39, 0.29) is 16.3 Å². The third-order valence-corrected chi connectivity index (χ3v) is 4.14. The molecule has 2 rings (SSSR count). The number of halogens is 1. The topological polar surface area (TPSA) is 20.3 Å². The van der Waals surface area contributed by atoms with Crippen molar-refractivity contribution < 1.29 is 4.79 Å². The maximum atomic E-state index is 12.0. The molecule has 3 heteroatoms. The Balaban J connectivity index is 2.29. The fraction of sp³-hybridized carbons (Fsp3) is 0.462. The second-order valence-corrected chi connectivity index (χ2v) is 5.78. The van der Waals surface area contributed by atoms with Crippen LogP contribution in [0.2, 0.25) is 0 Å². The fourth-order valence-corrected chi connectivity index (χ4v) is 2.65.